The summed E-state index contributed by atoms with van der Waals surface area (Å²) >= 11 is 0. The highest BCUT2D eigenvalue weighted by molar-refractivity contribution is 5.98. The van der Waals surface area contributed by atoms with E-state index in [2.05, 4.69) is 10.3 Å². The molecule has 1 unspecified atom stereocenters. The summed E-state index contributed by atoms with van der Waals surface area (Å²) in [5, 5.41) is 19.5. The molecule has 9 heteroatoms. The molecule has 0 radical (unpaired) electrons. The number of aliphatic hydroxyl groups is 1. The van der Waals surface area contributed by atoms with Crippen molar-refractivity contribution in [2.45, 2.75) is 38.8 Å². The number of nitrogens with zero attached hydrogens (tertiary/aromatic N) is 3. The van der Waals surface area contributed by atoms with Crippen molar-refractivity contribution in [2.75, 3.05) is 25.6 Å². The minimum atomic E-state index is -0.829. The number of nitrogens with one attached hydrogen (secondary N) is 1. The molecule has 2 aromatic heterocycles. The van der Waals surface area contributed by atoms with Crippen LogP contribution in [0.15, 0.2) is 30.3 Å². The molecule has 0 bridgehead atoms. The first-order chi connectivity index (χ1) is 15.4. The van der Waals surface area contributed by atoms with E-state index in [1.807, 2.05) is 13.8 Å². The van der Waals surface area contributed by atoms with Gasteiger partial charge in [-0.2, -0.15) is 5.10 Å². The van der Waals surface area contributed by atoms with E-state index in [1.54, 1.807) is 22.9 Å². The van der Waals surface area contributed by atoms with Crippen molar-refractivity contribution in [2.24, 2.45) is 5.92 Å². The van der Waals surface area contributed by atoms with E-state index in [9.17, 15) is 14.3 Å². The minimum absolute atomic E-state index is 0.0168. The van der Waals surface area contributed by atoms with Crippen molar-refractivity contribution >= 4 is 22.7 Å². The average Bonchev–Trinajstić information content (AvgIpc) is 3.20. The lowest BCUT2D eigenvalue weighted by Gasteiger charge is -2.28. The molecule has 1 atom stereocenters. The van der Waals surface area contributed by atoms with E-state index in [0.717, 1.165) is 18.5 Å². The Balaban J connectivity index is 1.88. The zero-order valence-corrected chi connectivity index (χ0v) is 18.3. The monoisotopic (exact) mass is 442 g/mol. The zero-order valence-electron chi connectivity index (χ0n) is 18.3. The minimum Gasteiger partial charge on any atom is -0.464 e. The van der Waals surface area contributed by atoms with Crippen molar-refractivity contribution in [3.05, 3.63) is 47.5 Å². The highest BCUT2D eigenvalue weighted by Gasteiger charge is 2.26. The number of pyridine rings is 1. The Labute approximate surface area is 185 Å². The van der Waals surface area contributed by atoms with Crippen LogP contribution in [0.4, 0.5) is 10.1 Å². The Kier molecular flexibility index (Phi) is 6.38. The number of benzene rings is 1. The summed E-state index contributed by atoms with van der Waals surface area (Å²) in [5.41, 5.74) is 2.40. The highest BCUT2D eigenvalue weighted by atomic mass is 19.1. The largest absolute Gasteiger partial charge is 0.464 e. The molecule has 0 saturated carbocycles. The second-order valence-corrected chi connectivity index (χ2v) is 8.21. The maximum atomic E-state index is 13.5. The smallest absolute Gasteiger partial charge is 0.356 e. The van der Waals surface area contributed by atoms with E-state index in [0.29, 0.717) is 35.6 Å². The standard InChI is InChI=1S/C23H27FN4O4/c1-13(2)20-19-17(26-22(29)14-8-10-32-11-9-14)12-18(23(30)31-3)25-21(19)28(27-20)16-6-4-15(24)5-7-16/h4-7,12-14,22,29H,8-11H2,1-3H3,(H,25,26). The van der Waals surface area contributed by atoms with Gasteiger partial charge in [0.2, 0.25) is 0 Å². The van der Waals surface area contributed by atoms with Gasteiger partial charge >= 0.3 is 5.97 Å². The summed E-state index contributed by atoms with van der Waals surface area (Å²) in [7, 11) is 1.29. The van der Waals surface area contributed by atoms with Crippen molar-refractivity contribution < 1.29 is 23.8 Å². The van der Waals surface area contributed by atoms with Crippen LogP contribution in [0.3, 0.4) is 0 Å². The van der Waals surface area contributed by atoms with E-state index >= 15 is 0 Å². The summed E-state index contributed by atoms with van der Waals surface area (Å²) in [5.74, 6) is -0.915. The third-order valence-electron chi connectivity index (χ3n) is 5.69. The predicted octanol–water partition coefficient (Wildman–Crippen LogP) is 3.63. The highest BCUT2D eigenvalue weighted by Crippen LogP contribution is 2.34. The molecule has 1 aliphatic rings. The molecule has 8 nitrogen and oxygen atoms in total. The fourth-order valence-corrected chi connectivity index (χ4v) is 3.94. The number of anilines is 1. The van der Waals surface area contributed by atoms with E-state index in [4.69, 9.17) is 14.6 Å². The van der Waals surface area contributed by atoms with Gasteiger partial charge in [0, 0.05) is 19.1 Å². The van der Waals surface area contributed by atoms with Gasteiger partial charge in [0.05, 0.1) is 29.6 Å². The average molecular weight is 442 g/mol. The summed E-state index contributed by atoms with van der Waals surface area (Å²) < 4.78 is 25.4. The number of aliphatic hydroxyl groups excluding tert-OH is 1. The maximum Gasteiger partial charge on any atom is 0.356 e. The molecule has 1 aromatic carbocycles. The molecule has 4 rings (SSSR count). The topological polar surface area (TPSA) is 98.5 Å². The third-order valence-corrected chi connectivity index (χ3v) is 5.69. The lowest BCUT2D eigenvalue weighted by molar-refractivity contribution is 0.0185. The van der Waals surface area contributed by atoms with Crippen molar-refractivity contribution in [1.29, 1.82) is 0 Å². The van der Waals surface area contributed by atoms with Crippen molar-refractivity contribution in [3.63, 3.8) is 0 Å². The molecule has 170 valence electrons. The van der Waals surface area contributed by atoms with Crippen molar-refractivity contribution in [1.82, 2.24) is 14.8 Å². The van der Waals surface area contributed by atoms with Gasteiger partial charge < -0.3 is 19.9 Å². The Morgan fingerprint density at radius 1 is 1.28 bits per heavy atom. The number of fused-ring (bicyclic) bond motifs is 1. The van der Waals surface area contributed by atoms with Crippen LogP contribution in [0.2, 0.25) is 0 Å². The van der Waals surface area contributed by atoms with Gasteiger partial charge in [0.15, 0.2) is 11.3 Å². The summed E-state index contributed by atoms with van der Waals surface area (Å²) in [6.45, 7) is 5.21. The van der Waals surface area contributed by atoms with Gasteiger partial charge in [-0.1, -0.05) is 13.8 Å². The molecule has 32 heavy (non-hydrogen) atoms. The fourth-order valence-electron chi connectivity index (χ4n) is 3.94. The lowest BCUT2D eigenvalue weighted by atomic mass is 9.98. The number of rotatable bonds is 6. The molecule has 1 saturated heterocycles. The normalized spacial score (nSPS) is 15.8. The number of aromatic nitrogens is 3. The number of halogens is 1. The number of carbonyl (C=O) groups excluding carboxylic acids is 1. The van der Waals surface area contributed by atoms with Crippen LogP contribution in [-0.4, -0.2) is 52.4 Å². The fraction of sp³-hybridized carbons (Fsp3) is 0.435. The van der Waals surface area contributed by atoms with Crippen LogP contribution in [-0.2, 0) is 9.47 Å². The van der Waals surface area contributed by atoms with Crippen LogP contribution in [0, 0.1) is 11.7 Å². The first-order valence-corrected chi connectivity index (χ1v) is 10.7. The third kappa shape index (κ3) is 4.31. The van der Waals surface area contributed by atoms with Gasteiger partial charge in [-0.05, 0) is 49.1 Å². The van der Waals surface area contributed by atoms with Crippen LogP contribution in [0.1, 0.15) is 48.8 Å². The van der Waals surface area contributed by atoms with E-state index in [-0.39, 0.29) is 23.3 Å². The van der Waals surface area contributed by atoms with Gasteiger partial charge in [-0.3, -0.25) is 0 Å². The van der Waals surface area contributed by atoms with Gasteiger partial charge in [0.25, 0.3) is 0 Å². The number of ether oxygens (including phenoxy) is 2. The van der Waals surface area contributed by atoms with E-state index < -0.39 is 12.2 Å². The van der Waals surface area contributed by atoms with E-state index in [1.165, 1.54) is 19.2 Å². The second kappa shape index (κ2) is 9.22. The number of methoxy groups -OCH3 is 1. The first-order valence-electron chi connectivity index (χ1n) is 10.7. The van der Waals surface area contributed by atoms with Crippen molar-refractivity contribution in [3.8, 4) is 5.69 Å². The second-order valence-electron chi connectivity index (χ2n) is 8.21. The van der Waals surface area contributed by atoms with Crippen LogP contribution >= 0.6 is 0 Å². The SMILES string of the molecule is COC(=O)c1cc(NC(O)C2CCOCC2)c2c(C(C)C)nn(-c3ccc(F)cc3)c2n1. The van der Waals surface area contributed by atoms with Gasteiger partial charge in [-0.15, -0.1) is 0 Å². The van der Waals surface area contributed by atoms with Crippen LogP contribution in [0.25, 0.3) is 16.7 Å². The van der Waals surface area contributed by atoms with Gasteiger partial charge in [0.1, 0.15) is 12.0 Å². The molecule has 1 fully saturated rings. The zero-order chi connectivity index (χ0) is 22.8. The molecule has 3 aromatic rings. The number of carbonyl (C=O) groups is 1. The molecule has 3 heterocycles. The first kappa shape index (κ1) is 22.2. The van der Waals surface area contributed by atoms with Crippen LogP contribution in [0.5, 0.6) is 0 Å². The molecule has 1 aliphatic heterocycles. The number of hydrogen-bond acceptors (Lipinski definition) is 7. The molecule has 2 N–H and O–H groups in total. The molecule has 0 amide bonds. The quantitative estimate of drug-likeness (QED) is 0.444. The Bertz CT molecular complexity index is 1110. The Morgan fingerprint density at radius 3 is 2.59 bits per heavy atom. The summed E-state index contributed by atoms with van der Waals surface area (Å²) in [4.78, 5) is 16.9. The molecule has 0 aliphatic carbocycles. The summed E-state index contributed by atoms with van der Waals surface area (Å²) in [6.07, 6.45) is 0.639. The molecular formula is C23H27FN4O4. The summed E-state index contributed by atoms with van der Waals surface area (Å²) in [6, 6.07) is 7.47. The predicted molar refractivity (Wildman–Crippen MR) is 117 cm³/mol. The maximum absolute atomic E-state index is 13.5. The number of esters is 1. The van der Waals surface area contributed by atoms with Crippen LogP contribution < -0.4 is 5.32 Å². The molecular weight excluding hydrogens is 415 g/mol. The Morgan fingerprint density at radius 2 is 1.97 bits per heavy atom. The molecule has 0 spiro atoms. The lowest BCUT2D eigenvalue weighted by Crippen LogP contribution is -2.33. The number of hydrogen-bond donors (Lipinski definition) is 2. The van der Waals surface area contributed by atoms with Gasteiger partial charge in [-0.25, -0.2) is 18.9 Å². The Hall–Kier alpha value is -3.04.